The molecule has 1 unspecified atom stereocenters. The number of carbonyl (C=O) groups is 1. The number of hydrogen-bond acceptors (Lipinski definition) is 5. The highest BCUT2D eigenvalue weighted by Gasteiger charge is 2.53. The van der Waals surface area contributed by atoms with E-state index in [0.717, 1.165) is 36.1 Å². The van der Waals surface area contributed by atoms with Crippen molar-refractivity contribution in [2.24, 2.45) is 10.7 Å². The highest BCUT2D eigenvalue weighted by atomic mass is 35.5. The van der Waals surface area contributed by atoms with E-state index in [0.29, 0.717) is 18.0 Å². The van der Waals surface area contributed by atoms with E-state index >= 15 is 0 Å². The van der Waals surface area contributed by atoms with Crippen LogP contribution in [0.3, 0.4) is 0 Å². The van der Waals surface area contributed by atoms with Crippen LogP contribution in [0.25, 0.3) is 0 Å². The number of halogens is 1. The fourth-order valence-corrected chi connectivity index (χ4v) is 4.61. The predicted octanol–water partition coefficient (Wildman–Crippen LogP) is 4.05. The molecule has 1 saturated heterocycles. The highest BCUT2D eigenvalue weighted by Crippen LogP contribution is 2.50. The molecule has 1 aliphatic heterocycles. The summed E-state index contributed by atoms with van der Waals surface area (Å²) in [7, 11) is 0. The van der Waals surface area contributed by atoms with Crippen LogP contribution in [0.1, 0.15) is 52.0 Å². The Morgan fingerprint density at radius 3 is 2.53 bits per heavy atom. The van der Waals surface area contributed by atoms with Crippen molar-refractivity contribution in [3.8, 4) is 0 Å². The maximum atomic E-state index is 13.2. The number of ether oxygens (including phenoxy) is 1. The molecular formula is C23H32ClN3O3. The Morgan fingerprint density at radius 2 is 2.03 bits per heavy atom. The number of benzene rings is 1. The molecule has 0 radical (unpaired) electrons. The van der Waals surface area contributed by atoms with Crippen molar-refractivity contribution in [3.63, 3.8) is 0 Å². The fraction of sp³-hybridized carbons (Fsp3) is 0.565. The number of hydrogen-bond donors (Lipinski definition) is 2. The van der Waals surface area contributed by atoms with Crippen molar-refractivity contribution >= 4 is 23.4 Å². The lowest BCUT2D eigenvalue weighted by atomic mass is 9.57. The Bertz CT molecular complexity index is 823. The Morgan fingerprint density at radius 1 is 1.37 bits per heavy atom. The first-order valence-electron chi connectivity index (χ1n) is 10.5. The standard InChI is InChI=1S/C23H32ClN3O3/c1-22(2,3)30-21(29)27-13-9-16(15-25)19(26-12-14-28)20(27)23(10-4-11-23)17-5-7-18(24)8-6-17/h5-8,15,20,28H,4,9-14,25H2,1-3H3. The van der Waals surface area contributed by atoms with Gasteiger partial charge in [0, 0.05) is 17.0 Å². The number of aliphatic hydroxyl groups excluding tert-OH is 1. The van der Waals surface area contributed by atoms with Gasteiger partial charge >= 0.3 is 6.09 Å². The Kier molecular flexibility index (Phi) is 6.78. The summed E-state index contributed by atoms with van der Waals surface area (Å²) in [6.07, 6.45) is 4.76. The topological polar surface area (TPSA) is 88.2 Å². The van der Waals surface area contributed by atoms with Crippen molar-refractivity contribution < 1.29 is 14.6 Å². The summed E-state index contributed by atoms with van der Waals surface area (Å²) in [5.74, 6) is 0. The number of carbonyl (C=O) groups excluding carboxylic acids is 1. The zero-order valence-corrected chi connectivity index (χ0v) is 18.8. The van der Waals surface area contributed by atoms with Crippen molar-refractivity contribution in [1.29, 1.82) is 0 Å². The van der Waals surface area contributed by atoms with E-state index in [1.165, 1.54) is 0 Å². The molecule has 1 saturated carbocycles. The molecule has 0 bridgehead atoms. The third-order valence-corrected chi connectivity index (χ3v) is 6.17. The lowest BCUT2D eigenvalue weighted by molar-refractivity contribution is 0.00615. The van der Waals surface area contributed by atoms with Crippen molar-refractivity contribution in [2.75, 3.05) is 19.7 Å². The van der Waals surface area contributed by atoms with E-state index in [1.807, 2.05) is 49.9 Å². The molecule has 1 amide bonds. The molecule has 0 aromatic heterocycles. The molecular weight excluding hydrogens is 402 g/mol. The molecule has 1 heterocycles. The second kappa shape index (κ2) is 8.98. The lowest BCUT2D eigenvalue weighted by Crippen LogP contribution is -2.63. The number of aliphatic hydroxyl groups is 1. The van der Waals surface area contributed by atoms with Crippen LogP contribution in [-0.2, 0) is 10.2 Å². The summed E-state index contributed by atoms with van der Waals surface area (Å²) >= 11 is 6.14. The van der Waals surface area contributed by atoms with Crippen LogP contribution >= 0.6 is 11.6 Å². The van der Waals surface area contributed by atoms with Crippen molar-refractivity contribution in [1.82, 2.24) is 4.90 Å². The maximum absolute atomic E-state index is 13.2. The summed E-state index contributed by atoms with van der Waals surface area (Å²) in [5.41, 5.74) is 7.90. The summed E-state index contributed by atoms with van der Waals surface area (Å²) in [6.45, 7) is 6.32. The quantitative estimate of drug-likeness (QED) is 0.749. The van der Waals surface area contributed by atoms with Crippen LogP contribution in [0.2, 0.25) is 5.02 Å². The first kappa shape index (κ1) is 22.6. The predicted molar refractivity (Wildman–Crippen MR) is 120 cm³/mol. The van der Waals surface area contributed by atoms with Crippen molar-refractivity contribution in [3.05, 3.63) is 46.6 Å². The fourth-order valence-electron chi connectivity index (χ4n) is 4.49. The number of nitrogens with zero attached hydrogens (tertiary/aromatic N) is 2. The van der Waals surface area contributed by atoms with Gasteiger partial charge in [0.2, 0.25) is 0 Å². The van der Waals surface area contributed by atoms with Crippen molar-refractivity contribution in [2.45, 2.75) is 63.5 Å². The smallest absolute Gasteiger partial charge is 0.410 e. The minimum atomic E-state index is -0.596. The number of nitrogens with two attached hydrogens (primary N) is 1. The third-order valence-electron chi connectivity index (χ3n) is 5.92. The average molecular weight is 434 g/mol. The van der Waals surface area contributed by atoms with E-state index < -0.39 is 5.60 Å². The number of amides is 1. The minimum Gasteiger partial charge on any atom is -0.444 e. The van der Waals surface area contributed by atoms with E-state index in [2.05, 4.69) is 0 Å². The van der Waals surface area contributed by atoms with Gasteiger partial charge in [-0.15, -0.1) is 0 Å². The first-order chi connectivity index (χ1) is 14.2. The van der Waals surface area contributed by atoms with Crippen LogP contribution < -0.4 is 5.73 Å². The molecule has 2 aliphatic rings. The van der Waals surface area contributed by atoms with Crippen LogP contribution in [-0.4, -0.2) is 53.2 Å². The van der Waals surface area contributed by atoms with E-state index in [9.17, 15) is 9.90 Å². The van der Waals surface area contributed by atoms with Gasteiger partial charge in [0.05, 0.1) is 24.9 Å². The number of aliphatic imine (C=N–C) groups is 1. The van der Waals surface area contributed by atoms with Gasteiger partial charge in [0.1, 0.15) is 5.60 Å². The molecule has 1 atom stereocenters. The first-order valence-corrected chi connectivity index (χ1v) is 10.9. The molecule has 3 rings (SSSR count). The van der Waals surface area contributed by atoms with Crippen LogP contribution in [0, 0.1) is 0 Å². The van der Waals surface area contributed by atoms with Gasteiger partial charge in [-0.25, -0.2) is 4.79 Å². The molecule has 164 valence electrons. The van der Waals surface area contributed by atoms with Gasteiger partial charge in [0.15, 0.2) is 0 Å². The second-order valence-corrected chi connectivity index (χ2v) is 9.46. The molecule has 3 N–H and O–H groups in total. The zero-order valence-electron chi connectivity index (χ0n) is 18.0. The summed E-state index contributed by atoms with van der Waals surface area (Å²) in [6, 6.07) is 7.55. The van der Waals surface area contributed by atoms with E-state index in [-0.39, 0.29) is 30.7 Å². The SMILES string of the molecule is CC(C)(C)OC(=O)N1CCC(=CN)C(=NCCO)C1C1(c2ccc(Cl)cc2)CCC1. The van der Waals surface area contributed by atoms with E-state index in [1.54, 1.807) is 6.20 Å². The normalized spacial score (nSPS) is 24.0. The molecule has 0 spiro atoms. The van der Waals surface area contributed by atoms with Gasteiger partial charge in [-0.1, -0.05) is 30.2 Å². The van der Waals surface area contributed by atoms with Crippen LogP contribution in [0.5, 0.6) is 0 Å². The molecule has 1 aromatic carbocycles. The summed E-state index contributed by atoms with van der Waals surface area (Å²) in [5, 5.41) is 10.1. The van der Waals surface area contributed by atoms with Gasteiger partial charge in [-0.3, -0.25) is 9.89 Å². The van der Waals surface area contributed by atoms with Gasteiger partial charge < -0.3 is 15.6 Å². The molecule has 1 aromatic rings. The van der Waals surface area contributed by atoms with Crippen LogP contribution in [0.4, 0.5) is 4.79 Å². The number of rotatable bonds is 4. The third kappa shape index (κ3) is 4.49. The van der Waals surface area contributed by atoms with E-state index in [4.69, 9.17) is 27.1 Å². The average Bonchev–Trinajstić information content (AvgIpc) is 2.65. The molecule has 1 aliphatic carbocycles. The van der Waals surface area contributed by atoms with Gasteiger partial charge in [0.25, 0.3) is 0 Å². The molecule has 2 fully saturated rings. The summed E-state index contributed by atoms with van der Waals surface area (Å²) < 4.78 is 5.76. The monoisotopic (exact) mass is 433 g/mol. The largest absolute Gasteiger partial charge is 0.444 e. The minimum absolute atomic E-state index is 0.0611. The Balaban J connectivity index is 2.11. The van der Waals surface area contributed by atoms with Gasteiger partial charge in [-0.2, -0.15) is 0 Å². The van der Waals surface area contributed by atoms with Gasteiger partial charge in [-0.05, 0) is 69.5 Å². The molecule has 30 heavy (non-hydrogen) atoms. The zero-order chi connectivity index (χ0) is 21.9. The second-order valence-electron chi connectivity index (χ2n) is 9.03. The lowest BCUT2D eigenvalue weighted by Gasteiger charge is -2.54. The molecule has 7 heteroatoms. The Hall–Kier alpha value is -2.05. The molecule has 6 nitrogen and oxygen atoms in total. The maximum Gasteiger partial charge on any atom is 0.410 e. The number of likely N-dealkylation sites (tertiary alicyclic amines) is 1. The number of piperidine rings is 1. The highest BCUT2D eigenvalue weighted by molar-refractivity contribution is 6.30. The Labute approximate surface area is 183 Å². The van der Waals surface area contributed by atoms with Crippen LogP contribution in [0.15, 0.2) is 41.0 Å². The summed E-state index contributed by atoms with van der Waals surface area (Å²) in [4.78, 5) is 19.7.